The van der Waals surface area contributed by atoms with E-state index in [2.05, 4.69) is 35.9 Å². The van der Waals surface area contributed by atoms with E-state index in [0.29, 0.717) is 12.2 Å². The second kappa shape index (κ2) is 5.29. The molecule has 3 rings (SSSR count). The van der Waals surface area contributed by atoms with Gasteiger partial charge in [-0.25, -0.2) is 9.97 Å². The Morgan fingerprint density at radius 1 is 1.33 bits per heavy atom. The number of carboxylic acid groups (broad SMARTS) is 1. The number of aryl methyl sites for hydroxylation is 2. The van der Waals surface area contributed by atoms with E-state index in [0.717, 1.165) is 16.0 Å². The molecule has 0 saturated carbocycles. The minimum absolute atomic E-state index is 0.0283. The van der Waals surface area contributed by atoms with E-state index in [4.69, 9.17) is 5.11 Å². The monoisotopic (exact) mass is 301 g/mol. The van der Waals surface area contributed by atoms with Gasteiger partial charge in [0.25, 0.3) is 0 Å². The number of fused-ring (bicyclic) bond motifs is 1. The summed E-state index contributed by atoms with van der Waals surface area (Å²) in [5.74, 6) is -0.856. The minimum Gasteiger partial charge on any atom is -0.481 e. The molecule has 1 aromatic carbocycles. The van der Waals surface area contributed by atoms with Gasteiger partial charge in [-0.2, -0.15) is 0 Å². The van der Waals surface area contributed by atoms with Crippen molar-refractivity contribution in [3.8, 4) is 0 Å². The maximum absolute atomic E-state index is 10.7. The molecule has 0 aliphatic rings. The first-order valence-electron chi connectivity index (χ1n) is 6.60. The largest absolute Gasteiger partial charge is 0.481 e. The number of carbonyl (C=O) groups is 1. The number of thiazole rings is 1. The SMILES string of the molecule is Cc1cc2ncn(Cc3nc(CC(=O)O)cs3)c2cc1C. The number of benzene rings is 1. The Balaban J connectivity index is 1.89. The molecule has 2 aromatic heterocycles. The molecule has 0 aliphatic carbocycles. The van der Waals surface area contributed by atoms with E-state index >= 15 is 0 Å². The van der Waals surface area contributed by atoms with Gasteiger partial charge in [-0.15, -0.1) is 11.3 Å². The zero-order valence-electron chi connectivity index (χ0n) is 11.8. The van der Waals surface area contributed by atoms with Gasteiger partial charge in [-0.1, -0.05) is 0 Å². The van der Waals surface area contributed by atoms with E-state index in [1.54, 1.807) is 5.38 Å². The van der Waals surface area contributed by atoms with E-state index in [9.17, 15) is 4.79 Å². The number of imidazole rings is 1. The number of nitrogens with zero attached hydrogens (tertiary/aromatic N) is 3. The van der Waals surface area contributed by atoms with Gasteiger partial charge in [0.05, 0.1) is 36.0 Å². The van der Waals surface area contributed by atoms with Crippen LogP contribution in [-0.4, -0.2) is 25.6 Å². The number of rotatable bonds is 4. The van der Waals surface area contributed by atoms with Crippen LogP contribution < -0.4 is 0 Å². The molecular weight excluding hydrogens is 286 g/mol. The lowest BCUT2D eigenvalue weighted by Crippen LogP contribution is -2.02. The lowest BCUT2D eigenvalue weighted by atomic mass is 10.1. The molecule has 1 N–H and O–H groups in total. The number of hydrogen-bond donors (Lipinski definition) is 1. The fourth-order valence-corrected chi connectivity index (χ4v) is 3.03. The molecule has 0 fully saturated rings. The summed E-state index contributed by atoms with van der Waals surface area (Å²) in [5.41, 5.74) is 5.12. The Bertz CT molecular complexity index is 820. The lowest BCUT2D eigenvalue weighted by Gasteiger charge is -2.04. The van der Waals surface area contributed by atoms with Crippen molar-refractivity contribution < 1.29 is 9.90 Å². The van der Waals surface area contributed by atoms with Gasteiger partial charge in [0.15, 0.2) is 0 Å². The van der Waals surface area contributed by atoms with Crippen LogP contribution in [0.1, 0.15) is 21.8 Å². The van der Waals surface area contributed by atoms with Gasteiger partial charge in [-0.3, -0.25) is 4.79 Å². The molecular formula is C15H15N3O2S. The molecule has 0 radical (unpaired) electrons. The third kappa shape index (κ3) is 2.80. The molecule has 0 unspecified atom stereocenters. The fraction of sp³-hybridized carbons (Fsp3) is 0.267. The molecule has 2 heterocycles. The third-order valence-corrected chi connectivity index (χ3v) is 4.36. The molecule has 0 amide bonds. The number of hydrogen-bond acceptors (Lipinski definition) is 4. The van der Waals surface area contributed by atoms with Crippen LogP contribution in [0.25, 0.3) is 11.0 Å². The van der Waals surface area contributed by atoms with Gasteiger partial charge in [0.1, 0.15) is 5.01 Å². The maximum atomic E-state index is 10.7. The second-order valence-electron chi connectivity index (χ2n) is 5.10. The van der Waals surface area contributed by atoms with Crippen molar-refractivity contribution >= 4 is 28.3 Å². The Kier molecular flexibility index (Phi) is 3.47. The summed E-state index contributed by atoms with van der Waals surface area (Å²) in [4.78, 5) is 19.5. The van der Waals surface area contributed by atoms with Gasteiger partial charge in [0.2, 0.25) is 0 Å². The quantitative estimate of drug-likeness (QED) is 0.804. The topological polar surface area (TPSA) is 68.0 Å². The Labute approximate surface area is 125 Å². The molecule has 0 aliphatic heterocycles. The lowest BCUT2D eigenvalue weighted by molar-refractivity contribution is -0.136. The molecule has 0 atom stereocenters. The highest BCUT2D eigenvalue weighted by atomic mass is 32.1. The van der Waals surface area contributed by atoms with E-state index < -0.39 is 5.97 Å². The summed E-state index contributed by atoms with van der Waals surface area (Å²) in [6.07, 6.45) is 1.78. The summed E-state index contributed by atoms with van der Waals surface area (Å²) in [6.45, 7) is 4.77. The highest BCUT2D eigenvalue weighted by Crippen LogP contribution is 2.20. The van der Waals surface area contributed by atoms with Gasteiger partial charge in [-0.05, 0) is 37.1 Å². The smallest absolute Gasteiger partial charge is 0.309 e. The Morgan fingerprint density at radius 2 is 2.10 bits per heavy atom. The van der Waals surface area contributed by atoms with Crippen molar-refractivity contribution in [2.24, 2.45) is 0 Å². The van der Waals surface area contributed by atoms with Crippen LogP contribution in [0, 0.1) is 13.8 Å². The highest BCUT2D eigenvalue weighted by molar-refractivity contribution is 7.09. The first-order chi connectivity index (χ1) is 10.0. The number of carboxylic acids is 1. The highest BCUT2D eigenvalue weighted by Gasteiger charge is 2.09. The van der Waals surface area contributed by atoms with Crippen molar-refractivity contribution in [1.82, 2.24) is 14.5 Å². The van der Waals surface area contributed by atoms with Crippen LogP contribution in [0.4, 0.5) is 0 Å². The first kappa shape index (κ1) is 13.8. The summed E-state index contributed by atoms with van der Waals surface area (Å²) < 4.78 is 2.05. The molecule has 5 nitrogen and oxygen atoms in total. The maximum Gasteiger partial charge on any atom is 0.309 e. The summed E-state index contributed by atoms with van der Waals surface area (Å²) >= 11 is 1.48. The van der Waals surface area contributed by atoms with Crippen LogP contribution in [0.5, 0.6) is 0 Å². The van der Waals surface area contributed by atoms with Crippen LogP contribution in [0.3, 0.4) is 0 Å². The number of aromatic nitrogens is 3. The van der Waals surface area contributed by atoms with Crippen LogP contribution in [0.15, 0.2) is 23.8 Å². The zero-order valence-corrected chi connectivity index (χ0v) is 12.6. The molecule has 0 spiro atoms. The van der Waals surface area contributed by atoms with Crippen molar-refractivity contribution in [2.45, 2.75) is 26.8 Å². The van der Waals surface area contributed by atoms with Crippen molar-refractivity contribution in [3.63, 3.8) is 0 Å². The molecule has 108 valence electrons. The van der Waals surface area contributed by atoms with E-state index in [-0.39, 0.29) is 6.42 Å². The van der Waals surface area contributed by atoms with Crippen molar-refractivity contribution in [3.05, 3.63) is 45.7 Å². The van der Waals surface area contributed by atoms with Crippen LogP contribution >= 0.6 is 11.3 Å². The summed E-state index contributed by atoms with van der Waals surface area (Å²) in [6, 6.07) is 4.21. The standard InChI is InChI=1S/C15H15N3O2S/c1-9-3-12-13(4-10(9)2)18(8-16-12)6-14-17-11(7-21-14)5-15(19)20/h3-4,7-8H,5-6H2,1-2H3,(H,19,20). The second-order valence-corrected chi connectivity index (χ2v) is 6.04. The molecule has 21 heavy (non-hydrogen) atoms. The predicted molar refractivity (Wildman–Crippen MR) is 81.8 cm³/mol. The van der Waals surface area contributed by atoms with Crippen LogP contribution in [0.2, 0.25) is 0 Å². The van der Waals surface area contributed by atoms with Gasteiger partial charge in [0, 0.05) is 5.38 Å². The first-order valence-corrected chi connectivity index (χ1v) is 7.48. The Hall–Kier alpha value is -2.21. The minimum atomic E-state index is -0.856. The molecule has 0 saturated heterocycles. The molecule has 0 bridgehead atoms. The number of aliphatic carboxylic acids is 1. The third-order valence-electron chi connectivity index (χ3n) is 3.47. The van der Waals surface area contributed by atoms with Crippen molar-refractivity contribution in [2.75, 3.05) is 0 Å². The van der Waals surface area contributed by atoms with Crippen LogP contribution in [-0.2, 0) is 17.8 Å². The summed E-state index contributed by atoms with van der Waals surface area (Å²) in [7, 11) is 0. The fourth-order valence-electron chi connectivity index (χ4n) is 2.24. The zero-order chi connectivity index (χ0) is 15.0. The van der Waals surface area contributed by atoms with Crippen molar-refractivity contribution in [1.29, 1.82) is 0 Å². The van der Waals surface area contributed by atoms with Gasteiger partial charge < -0.3 is 9.67 Å². The average molecular weight is 301 g/mol. The predicted octanol–water partition coefficient (Wildman–Crippen LogP) is 2.79. The van der Waals surface area contributed by atoms with Gasteiger partial charge >= 0.3 is 5.97 Å². The molecule has 6 heteroatoms. The average Bonchev–Trinajstić information content (AvgIpc) is 2.99. The summed E-state index contributed by atoms with van der Waals surface area (Å²) in [5, 5.41) is 11.5. The Morgan fingerprint density at radius 3 is 2.86 bits per heavy atom. The normalized spacial score (nSPS) is 11.1. The van der Waals surface area contributed by atoms with E-state index in [1.807, 2.05) is 10.9 Å². The molecule has 3 aromatic rings. The van der Waals surface area contributed by atoms with E-state index in [1.165, 1.54) is 22.5 Å².